The number of imidazole rings is 1. The molecule has 2 aromatic carbocycles. The molecular weight excluding hydrogens is 328 g/mol. The van der Waals surface area contributed by atoms with Crippen molar-refractivity contribution in [2.24, 2.45) is 0 Å². The lowest BCUT2D eigenvalue weighted by atomic mass is 10.1. The number of halogens is 1. The molecule has 0 unspecified atom stereocenters. The average Bonchev–Trinajstić information content (AvgIpc) is 2.77. The van der Waals surface area contributed by atoms with Gasteiger partial charge >= 0.3 is 0 Å². The third-order valence-corrected chi connectivity index (χ3v) is 4.04. The van der Waals surface area contributed by atoms with Crippen molar-refractivity contribution in [1.82, 2.24) is 9.55 Å². The molecule has 0 radical (unpaired) electrons. The van der Waals surface area contributed by atoms with Crippen molar-refractivity contribution in [3.8, 4) is 17.1 Å². The first kappa shape index (κ1) is 14.1. The summed E-state index contributed by atoms with van der Waals surface area (Å²) in [4.78, 5) is 4.73. The van der Waals surface area contributed by atoms with Crippen molar-refractivity contribution in [2.45, 2.75) is 26.8 Å². The number of hydrogen-bond acceptors (Lipinski definition) is 2. The van der Waals surface area contributed by atoms with Gasteiger partial charge in [0, 0.05) is 11.0 Å². The van der Waals surface area contributed by atoms with Crippen molar-refractivity contribution >= 4 is 27.0 Å². The van der Waals surface area contributed by atoms with Crippen molar-refractivity contribution in [3.05, 3.63) is 46.4 Å². The van der Waals surface area contributed by atoms with E-state index in [0.717, 1.165) is 45.4 Å². The van der Waals surface area contributed by atoms with Crippen LogP contribution >= 0.6 is 15.9 Å². The number of aryl methyl sites for hydroxylation is 2. The molecule has 0 atom stereocenters. The topological polar surface area (TPSA) is 38.0 Å². The summed E-state index contributed by atoms with van der Waals surface area (Å²) < 4.78 is 3.18. The highest BCUT2D eigenvalue weighted by Gasteiger charge is 2.15. The SMILES string of the molecule is CCCn1c(-c2ccc(C)cc2O)nc2cc(Br)ccc21. The molecule has 0 bridgehead atoms. The van der Waals surface area contributed by atoms with E-state index < -0.39 is 0 Å². The minimum absolute atomic E-state index is 0.279. The van der Waals surface area contributed by atoms with Gasteiger partial charge in [0.2, 0.25) is 0 Å². The Morgan fingerprint density at radius 2 is 2.00 bits per heavy atom. The van der Waals surface area contributed by atoms with E-state index in [-0.39, 0.29) is 5.75 Å². The summed E-state index contributed by atoms with van der Waals surface area (Å²) in [7, 11) is 0. The zero-order valence-corrected chi connectivity index (χ0v) is 13.7. The second-order valence-electron chi connectivity index (χ2n) is 5.24. The van der Waals surface area contributed by atoms with Crippen LogP contribution in [0.25, 0.3) is 22.4 Å². The van der Waals surface area contributed by atoms with E-state index in [1.165, 1.54) is 0 Å². The molecule has 4 heteroatoms. The highest BCUT2D eigenvalue weighted by Crippen LogP contribution is 2.32. The Morgan fingerprint density at radius 3 is 2.71 bits per heavy atom. The van der Waals surface area contributed by atoms with Crippen LogP contribution in [0.5, 0.6) is 5.75 Å². The molecule has 0 amide bonds. The molecule has 0 fully saturated rings. The molecule has 3 rings (SSSR count). The number of phenolic OH excluding ortho intramolecular Hbond substituents is 1. The second kappa shape index (κ2) is 5.53. The molecule has 0 aliphatic rings. The molecule has 21 heavy (non-hydrogen) atoms. The summed E-state index contributed by atoms with van der Waals surface area (Å²) in [6, 6.07) is 11.8. The smallest absolute Gasteiger partial charge is 0.144 e. The molecule has 0 aliphatic carbocycles. The van der Waals surface area contributed by atoms with Crippen molar-refractivity contribution < 1.29 is 5.11 Å². The standard InChI is InChI=1S/C17H17BrN2O/c1-3-8-20-15-7-5-12(18)10-14(15)19-17(20)13-6-4-11(2)9-16(13)21/h4-7,9-10,21H,3,8H2,1-2H3. The molecule has 108 valence electrons. The Balaban J connectivity index is 2.27. The van der Waals surface area contributed by atoms with E-state index in [9.17, 15) is 5.11 Å². The number of aromatic nitrogens is 2. The number of phenols is 1. The van der Waals surface area contributed by atoms with Gasteiger partial charge in [-0.2, -0.15) is 0 Å². The molecule has 3 nitrogen and oxygen atoms in total. The first-order valence-corrected chi connectivity index (χ1v) is 7.85. The van der Waals surface area contributed by atoms with Crippen LogP contribution in [0.2, 0.25) is 0 Å². The van der Waals surface area contributed by atoms with Crippen LogP contribution in [0.3, 0.4) is 0 Å². The Labute approximate surface area is 132 Å². The zero-order chi connectivity index (χ0) is 15.0. The fraction of sp³-hybridized carbons (Fsp3) is 0.235. The maximum atomic E-state index is 10.3. The summed E-state index contributed by atoms with van der Waals surface area (Å²) in [5.41, 5.74) is 3.85. The van der Waals surface area contributed by atoms with Gasteiger partial charge < -0.3 is 9.67 Å². The zero-order valence-electron chi connectivity index (χ0n) is 12.1. The predicted octanol–water partition coefficient (Wildman–Crippen LogP) is 4.89. The fourth-order valence-corrected chi connectivity index (χ4v) is 2.94. The minimum Gasteiger partial charge on any atom is -0.507 e. The predicted molar refractivity (Wildman–Crippen MR) is 89.6 cm³/mol. The van der Waals surface area contributed by atoms with Gasteiger partial charge in [0.05, 0.1) is 16.6 Å². The molecule has 0 aliphatic heterocycles. The third kappa shape index (κ3) is 2.56. The lowest BCUT2D eigenvalue weighted by Crippen LogP contribution is -2.00. The van der Waals surface area contributed by atoms with Gasteiger partial charge in [-0.25, -0.2) is 4.98 Å². The summed E-state index contributed by atoms with van der Waals surface area (Å²) in [6.45, 7) is 4.99. The Morgan fingerprint density at radius 1 is 1.19 bits per heavy atom. The van der Waals surface area contributed by atoms with Crippen LogP contribution in [0.15, 0.2) is 40.9 Å². The minimum atomic E-state index is 0.279. The van der Waals surface area contributed by atoms with Crippen molar-refractivity contribution in [3.63, 3.8) is 0 Å². The maximum Gasteiger partial charge on any atom is 0.144 e. The number of aromatic hydroxyl groups is 1. The monoisotopic (exact) mass is 344 g/mol. The van der Waals surface area contributed by atoms with Gasteiger partial charge in [0.15, 0.2) is 0 Å². The summed E-state index contributed by atoms with van der Waals surface area (Å²) in [5, 5.41) is 10.3. The number of fused-ring (bicyclic) bond motifs is 1. The number of hydrogen-bond donors (Lipinski definition) is 1. The molecule has 3 aromatic rings. The third-order valence-electron chi connectivity index (χ3n) is 3.55. The molecule has 1 heterocycles. The van der Waals surface area contributed by atoms with Gasteiger partial charge in [0.25, 0.3) is 0 Å². The molecule has 0 spiro atoms. The molecule has 1 N–H and O–H groups in total. The van der Waals surface area contributed by atoms with Gasteiger partial charge in [-0.05, 0) is 49.2 Å². The van der Waals surface area contributed by atoms with Crippen LogP contribution in [-0.2, 0) is 6.54 Å². The fourth-order valence-electron chi connectivity index (χ4n) is 2.59. The van der Waals surface area contributed by atoms with Crippen LogP contribution in [0, 0.1) is 6.92 Å². The van der Waals surface area contributed by atoms with Gasteiger partial charge in [-0.3, -0.25) is 0 Å². The molecule has 1 aromatic heterocycles. The van der Waals surface area contributed by atoms with E-state index in [1.54, 1.807) is 6.07 Å². The Hall–Kier alpha value is -1.81. The molecular formula is C17H17BrN2O. The van der Waals surface area contributed by atoms with E-state index in [2.05, 4.69) is 33.5 Å². The largest absolute Gasteiger partial charge is 0.507 e. The van der Waals surface area contributed by atoms with Crippen LogP contribution in [0.4, 0.5) is 0 Å². The quantitative estimate of drug-likeness (QED) is 0.734. The normalized spacial score (nSPS) is 11.2. The van der Waals surface area contributed by atoms with Gasteiger partial charge in [-0.15, -0.1) is 0 Å². The first-order valence-electron chi connectivity index (χ1n) is 7.06. The molecule has 0 saturated heterocycles. The second-order valence-corrected chi connectivity index (χ2v) is 6.16. The number of benzene rings is 2. The number of rotatable bonds is 3. The Kier molecular flexibility index (Phi) is 3.72. The highest BCUT2D eigenvalue weighted by molar-refractivity contribution is 9.10. The van der Waals surface area contributed by atoms with Crippen molar-refractivity contribution in [1.29, 1.82) is 0 Å². The van der Waals surface area contributed by atoms with Crippen molar-refractivity contribution in [2.75, 3.05) is 0 Å². The lowest BCUT2D eigenvalue weighted by molar-refractivity contribution is 0.476. The van der Waals surface area contributed by atoms with E-state index in [0.29, 0.717) is 0 Å². The van der Waals surface area contributed by atoms with Crippen LogP contribution in [-0.4, -0.2) is 14.7 Å². The van der Waals surface area contributed by atoms with Crippen LogP contribution < -0.4 is 0 Å². The first-order chi connectivity index (χ1) is 10.1. The highest BCUT2D eigenvalue weighted by atomic mass is 79.9. The van der Waals surface area contributed by atoms with E-state index >= 15 is 0 Å². The van der Waals surface area contributed by atoms with Gasteiger partial charge in [0.1, 0.15) is 11.6 Å². The summed E-state index contributed by atoms with van der Waals surface area (Å²) >= 11 is 3.49. The summed E-state index contributed by atoms with van der Waals surface area (Å²) in [6.07, 6.45) is 1.02. The maximum absolute atomic E-state index is 10.3. The summed E-state index contributed by atoms with van der Waals surface area (Å²) in [5.74, 6) is 1.10. The van der Waals surface area contributed by atoms with Gasteiger partial charge in [-0.1, -0.05) is 28.9 Å². The lowest BCUT2D eigenvalue weighted by Gasteiger charge is -2.09. The average molecular weight is 345 g/mol. The number of nitrogens with zero attached hydrogens (tertiary/aromatic N) is 2. The Bertz CT molecular complexity index is 808. The van der Waals surface area contributed by atoms with E-state index in [1.807, 2.05) is 31.2 Å². The van der Waals surface area contributed by atoms with E-state index in [4.69, 9.17) is 4.98 Å². The van der Waals surface area contributed by atoms with Crippen LogP contribution in [0.1, 0.15) is 18.9 Å². The molecule has 0 saturated carbocycles.